The molecule has 1 aliphatic rings. The second-order valence-electron chi connectivity index (χ2n) is 3.41. The van der Waals surface area contributed by atoms with Crippen LogP contribution in [0.3, 0.4) is 0 Å². The number of aromatic nitrogens is 2. The van der Waals surface area contributed by atoms with E-state index in [-0.39, 0.29) is 0 Å². The summed E-state index contributed by atoms with van der Waals surface area (Å²) < 4.78 is 3.05. The second kappa shape index (κ2) is 5.01. The predicted molar refractivity (Wildman–Crippen MR) is 65.3 cm³/mol. The first-order valence-corrected chi connectivity index (χ1v) is 5.86. The highest BCUT2D eigenvalue weighted by atomic mass is 32.2. The Balaban J connectivity index is 2.26. The van der Waals surface area contributed by atoms with Crippen molar-refractivity contribution >= 4 is 17.5 Å². The molecule has 1 atom stereocenters. The molecule has 2 N–H and O–H groups in total. The quantitative estimate of drug-likeness (QED) is 0.781. The van der Waals surface area contributed by atoms with Gasteiger partial charge in [-0.2, -0.15) is 10.4 Å². The van der Waals surface area contributed by atoms with E-state index in [4.69, 9.17) is 5.26 Å². The maximum Gasteiger partial charge on any atom is 0.0954 e. The van der Waals surface area contributed by atoms with Gasteiger partial charge in [-0.15, -0.1) is 0 Å². The van der Waals surface area contributed by atoms with Crippen LogP contribution in [0.25, 0.3) is 5.57 Å². The lowest BCUT2D eigenvalue weighted by Gasteiger charge is -2.17. The van der Waals surface area contributed by atoms with Gasteiger partial charge in [-0.1, -0.05) is 24.1 Å². The summed E-state index contributed by atoms with van der Waals surface area (Å²) in [6.45, 7) is 0. The van der Waals surface area contributed by atoms with Gasteiger partial charge >= 0.3 is 0 Å². The average Bonchev–Trinajstić information content (AvgIpc) is 2.83. The number of aromatic amines is 1. The lowest BCUT2D eigenvalue weighted by atomic mass is 9.95. The highest BCUT2D eigenvalue weighted by Gasteiger charge is 2.17. The lowest BCUT2D eigenvalue weighted by Crippen LogP contribution is -2.10. The minimum absolute atomic E-state index is 0.329. The molecule has 0 spiro atoms. The Morgan fingerprint density at radius 3 is 3.19 bits per heavy atom. The first-order chi connectivity index (χ1) is 7.85. The van der Waals surface area contributed by atoms with Crippen LogP contribution in [-0.4, -0.2) is 22.5 Å². The number of nitrogens with zero attached hydrogens (tertiary/aromatic N) is 2. The Hall–Kier alpha value is -1.51. The minimum Gasteiger partial charge on any atom is -0.285 e. The topological polar surface area (TPSA) is 64.5 Å². The molecule has 1 unspecified atom stereocenters. The number of allylic oxidation sites excluding steroid dienone is 3. The van der Waals surface area contributed by atoms with Gasteiger partial charge in [-0.3, -0.25) is 9.82 Å². The molecule has 82 valence electrons. The van der Waals surface area contributed by atoms with Crippen LogP contribution in [0.15, 0.2) is 30.1 Å². The van der Waals surface area contributed by atoms with Gasteiger partial charge in [0.25, 0.3) is 0 Å². The number of nitrogens with one attached hydrogen (secondary N) is 2. The second-order valence-corrected chi connectivity index (χ2v) is 4.66. The number of hydrogen-bond donors (Lipinski definition) is 2. The van der Waals surface area contributed by atoms with Crippen LogP contribution in [0.1, 0.15) is 12.0 Å². The highest BCUT2D eigenvalue weighted by Crippen LogP contribution is 2.30. The van der Waals surface area contributed by atoms with E-state index in [0.29, 0.717) is 5.25 Å². The van der Waals surface area contributed by atoms with Gasteiger partial charge in [0, 0.05) is 22.6 Å². The van der Waals surface area contributed by atoms with Crippen LogP contribution in [0.5, 0.6) is 0 Å². The summed E-state index contributed by atoms with van der Waals surface area (Å²) >= 11 is 1.63. The Labute approximate surface area is 98.6 Å². The Morgan fingerprint density at radius 2 is 2.56 bits per heavy atom. The van der Waals surface area contributed by atoms with E-state index in [9.17, 15) is 0 Å². The summed E-state index contributed by atoms with van der Waals surface area (Å²) in [5.41, 5.74) is 2.77. The van der Waals surface area contributed by atoms with E-state index in [1.54, 1.807) is 18.1 Å². The fourth-order valence-electron chi connectivity index (χ4n) is 1.69. The van der Waals surface area contributed by atoms with Crippen LogP contribution >= 0.6 is 11.9 Å². The molecule has 0 fully saturated rings. The molecule has 0 aliphatic heterocycles. The molecule has 5 heteroatoms. The summed E-state index contributed by atoms with van der Waals surface area (Å²) in [5, 5.41) is 16.1. The van der Waals surface area contributed by atoms with Crippen molar-refractivity contribution in [1.29, 1.82) is 5.26 Å². The number of nitriles is 1. The molecule has 1 heterocycles. The molecule has 1 aromatic rings. The monoisotopic (exact) mass is 232 g/mol. The third-order valence-electron chi connectivity index (χ3n) is 2.42. The zero-order valence-corrected chi connectivity index (χ0v) is 9.71. The smallest absolute Gasteiger partial charge is 0.0954 e. The van der Waals surface area contributed by atoms with Gasteiger partial charge < -0.3 is 0 Å². The van der Waals surface area contributed by atoms with Gasteiger partial charge in [0.1, 0.15) is 0 Å². The molecular weight excluding hydrogens is 220 g/mol. The van der Waals surface area contributed by atoms with Gasteiger partial charge in [0.2, 0.25) is 0 Å². The van der Waals surface area contributed by atoms with Crippen molar-refractivity contribution in [2.45, 2.75) is 11.7 Å². The zero-order valence-electron chi connectivity index (χ0n) is 8.90. The van der Waals surface area contributed by atoms with Crippen molar-refractivity contribution < 1.29 is 0 Å². The van der Waals surface area contributed by atoms with Crippen LogP contribution in [0.4, 0.5) is 0 Å². The van der Waals surface area contributed by atoms with Gasteiger partial charge in [-0.25, -0.2) is 0 Å². The first-order valence-electron chi connectivity index (χ1n) is 4.98. The summed E-state index contributed by atoms with van der Waals surface area (Å²) in [4.78, 5) is 0. The summed E-state index contributed by atoms with van der Waals surface area (Å²) in [5.74, 6) is 0. The fourth-order valence-corrected chi connectivity index (χ4v) is 2.40. The molecule has 0 radical (unpaired) electrons. The van der Waals surface area contributed by atoms with Crippen LogP contribution in [-0.2, 0) is 0 Å². The van der Waals surface area contributed by atoms with E-state index in [0.717, 1.165) is 23.1 Å². The summed E-state index contributed by atoms with van der Waals surface area (Å²) in [6, 6.07) is 2.28. The third-order valence-corrected chi connectivity index (χ3v) is 3.28. The van der Waals surface area contributed by atoms with Crippen molar-refractivity contribution in [3.63, 3.8) is 0 Å². The summed E-state index contributed by atoms with van der Waals surface area (Å²) in [7, 11) is 1.89. The van der Waals surface area contributed by atoms with Crippen molar-refractivity contribution in [3.05, 3.63) is 35.7 Å². The van der Waals surface area contributed by atoms with E-state index in [1.165, 1.54) is 0 Å². The summed E-state index contributed by atoms with van der Waals surface area (Å²) in [6.07, 6.45) is 8.43. The minimum atomic E-state index is 0.329. The first kappa shape index (κ1) is 11.0. The highest BCUT2D eigenvalue weighted by molar-refractivity contribution is 7.98. The molecule has 1 aromatic heterocycles. The van der Waals surface area contributed by atoms with E-state index in [2.05, 4.69) is 27.1 Å². The Kier molecular flexibility index (Phi) is 3.44. The number of hydrogen-bond acceptors (Lipinski definition) is 4. The molecule has 0 bridgehead atoms. The van der Waals surface area contributed by atoms with Crippen molar-refractivity contribution in [2.75, 3.05) is 7.05 Å². The number of H-pyrrole nitrogens is 1. The van der Waals surface area contributed by atoms with E-state index >= 15 is 0 Å². The Morgan fingerprint density at radius 1 is 1.69 bits per heavy atom. The molecule has 0 amide bonds. The van der Waals surface area contributed by atoms with Crippen LogP contribution in [0.2, 0.25) is 0 Å². The maximum absolute atomic E-state index is 9.14. The van der Waals surface area contributed by atoms with E-state index < -0.39 is 0 Å². The van der Waals surface area contributed by atoms with Gasteiger partial charge in [-0.05, 0) is 19.0 Å². The normalized spacial score (nSPS) is 19.9. The standard InChI is InChI=1S/C11H12N4S/c1-13-16-10-2-3-11(8(4-10)5-12)9-6-14-15-7-9/h2-3,6-7,10,13H,4H2,1H3,(H,14,15). The third kappa shape index (κ3) is 2.18. The molecule has 1 aliphatic carbocycles. The SMILES string of the molecule is CNSC1C=CC(c2cn[nH]c2)=C(C#N)C1. The maximum atomic E-state index is 9.14. The van der Waals surface area contributed by atoms with Crippen molar-refractivity contribution in [3.8, 4) is 6.07 Å². The molecule has 4 nitrogen and oxygen atoms in total. The molecule has 0 aromatic carbocycles. The number of rotatable bonds is 3. The van der Waals surface area contributed by atoms with Crippen LogP contribution in [0, 0.1) is 11.3 Å². The Bertz CT molecular complexity index is 453. The van der Waals surface area contributed by atoms with Gasteiger partial charge in [0.15, 0.2) is 0 Å². The van der Waals surface area contributed by atoms with Crippen molar-refractivity contribution in [1.82, 2.24) is 14.9 Å². The molecular formula is C11H12N4S. The van der Waals surface area contributed by atoms with Crippen LogP contribution < -0.4 is 4.72 Å². The zero-order chi connectivity index (χ0) is 11.4. The lowest BCUT2D eigenvalue weighted by molar-refractivity contribution is 1.01. The van der Waals surface area contributed by atoms with E-state index in [1.807, 2.05) is 19.3 Å². The molecule has 2 rings (SSSR count). The van der Waals surface area contributed by atoms with Crippen molar-refractivity contribution in [2.24, 2.45) is 0 Å². The van der Waals surface area contributed by atoms with Gasteiger partial charge in [0.05, 0.1) is 12.3 Å². The predicted octanol–water partition coefficient (Wildman–Crippen LogP) is 1.88. The average molecular weight is 232 g/mol. The fraction of sp³-hybridized carbons (Fsp3) is 0.273. The molecule has 0 saturated heterocycles. The largest absolute Gasteiger partial charge is 0.285 e. The molecule has 16 heavy (non-hydrogen) atoms. The molecule has 0 saturated carbocycles.